The third-order valence-electron chi connectivity index (χ3n) is 5.50. The molecule has 1 unspecified atom stereocenters. The van der Waals surface area contributed by atoms with Gasteiger partial charge in [-0.1, -0.05) is 17.3 Å². The molecule has 0 radical (unpaired) electrons. The van der Waals surface area contributed by atoms with Gasteiger partial charge in [-0.05, 0) is 49.9 Å². The first-order valence-corrected chi connectivity index (χ1v) is 9.01. The van der Waals surface area contributed by atoms with Crippen molar-refractivity contribution in [3.05, 3.63) is 41.7 Å². The quantitative estimate of drug-likeness (QED) is 0.886. The van der Waals surface area contributed by atoms with Gasteiger partial charge in [0.15, 0.2) is 5.69 Å². The smallest absolute Gasteiger partial charge is 0.350 e. The molecule has 4 heterocycles. The predicted octanol–water partition coefficient (Wildman–Crippen LogP) is 2.36. The number of piperidine rings is 3. The van der Waals surface area contributed by atoms with E-state index in [2.05, 4.69) is 20.5 Å². The number of halogens is 3. The minimum absolute atomic E-state index is 0.00764. The number of rotatable bonds is 4. The number of fused-ring (bicyclic) bond motifs is 3. The zero-order chi connectivity index (χ0) is 19.0. The van der Waals surface area contributed by atoms with Crippen LogP contribution in [-0.2, 0) is 6.18 Å². The van der Waals surface area contributed by atoms with Crippen LogP contribution in [0.2, 0.25) is 0 Å². The number of amides is 1. The topological polar surface area (TPSA) is 63.1 Å². The van der Waals surface area contributed by atoms with Crippen molar-refractivity contribution in [1.29, 1.82) is 0 Å². The van der Waals surface area contributed by atoms with Crippen molar-refractivity contribution >= 4 is 5.91 Å². The normalized spacial score (nSPS) is 24.8. The molecule has 144 valence electrons. The van der Waals surface area contributed by atoms with Crippen molar-refractivity contribution in [2.24, 2.45) is 11.8 Å². The summed E-state index contributed by atoms with van der Waals surface area (Å²) in [4.78, 5) is 14.8. The second-order valence-corrected chi connectivity index (χ2v) is 7.17. The van der Waals surface area contributed by atoms with Crippen LogP contribution in [0, 0.1) is 11.8 Å². The van der Waals surface area contributed by atoms with E-state index in [0.717, 1.165) is 43.2 Å². The molecule has 3 aliphatic heterocycles. The van der Waals surface area contributed by atoms with Gasteiger partial charge in [-0.15, -0.1) is 5.10 Å². The van der Waals surface area contributed by atoms with Crippen LogP contribution in [-0.4, -0.2) is 52.0 Å². The first-order valence-electron chi connectivity index (χ1n) is 9.01. The second-order valence-electron chi connectivity index (χ2n) is 7.17. The maximum atomic E-state index is 13.2. The second kappa shape index (κ2) is 6.95. The lowest BCUT2D eigenvalue weighted by molar-refractivity contribution is -0.137. The summed E-state index contributed by atoms with van der Waals surface area (Å²) in [7, 11) is 0. The molecule has 2 aromatic rings. The summed E-state index contributed by atoms with van der Waals surface area (Å²) in [5.74, 6) is 0.629. The van der Waals surface area contributed by atoms with Gasteiger partial charge in [0, 0.05) is 13.1 Å². The first kappa shape index (κ1) is 18.0. The van der Waals surface area contributed by atoms with Crippen LogP contribution in [0.5, 0.6) is 0 Å². The molecule has 0 aliphatic carbocycles. The van der Waals surface area contributed by atoms with Crippen LogP contribution in [0.4, 0.5) is 13.2 Å². The lowest BCUT2D eigenvalue weighted by Crippen LogP contribution is -2.50. The fraction of sp³-hybridized carbons (Fsp3) is 0.500. The molecule has 9 heteroatoms. The summed E-state index contributed by atoms with van der Waals surface area (Å²) in [6.45, 7) is 3.78. The number of hydrogen-bond donors (Lipinski definition) is 1. The number of para-hydroxylation sites is 1. The highest BCUT2D eigenvalue weighted by atomic mass is 19.4. The van der Waals surface area contributed by atoms with Gasteiger partial charge < -0.3 is 10.2 Å². The Morgan fingerprint density at radius 3 is 2.63 bits per heavy atom. The molecular weight excluding hydrogens is 359 g/mol. The Balaban J connectivity index is 1.44. The molecule has 27 heavy (non-hydrogen) atoms. The van der Waals surface area contributed by atoms with Crippen LogP contribution >= 0.6 is 0 Å². The number of carbonyl (C=O) groups excluding carboxylic acids is 1. The van der Waals surface area contributed by atoms with Crippen molar-refractivity contribution in [2.75, 3.05) is 26.2 Å². The largest absolute Gasteiger partial charge is 0.418 e. The number of hydrogen-bond acceptors (Lipinski definition) is 4. The molecule has 0 spiro atoms. The Labute approximate surface area is 154 Å². The van der Waals surface area contributed by atoms with Gasteiger partial charge >= 0.3 is 6.18 Å². The maximum Gasteiger partial charge on any atom is 0.418 e. The van der Waals surface area contributed by atoms with Gasteiger partial charge in [-0.2, -0.15) is 13.2 Å². The van der Waals surface area contributed by atoms with E-state index in [4.69, 9.17) is 0 Å². The van der Waals surface area contributed by atoms with Crippen LogP contribution in [0.1, 0.15) is 28.9 Å². The van der Waals surface area contributed by atoms with Crippen molar-refractivity contribution in [3.8, 4) is 5.69 Å². The van der Waals surface area contributed by atoms with Crippen LogP contribution in [0.15, 0.2) is 30.5 Å². The molecular formula is C18H20F3N5O. The van der Waals surface area contributed by atoms with E-state index >= 15 is 0 Å². The number of benzene rings is 1. The molecule has 5 rings (SSSR count). The summed E-state index contributed by atoms with van der Waals surface area (Å²) in [5, 5.41) is 10.3. The average Bonchev–Trinajstić information content (AvgIpc) is 3.16. The summed E-state index contributed by atoms with van der Waals surface area (Å²) >= 11 is 0. The molecule has 1 N–H and O–H groups in total. The average molecular weight is 379 g/mol. The predicted molar refractivity (Wildman–Crippen MR) is 91.3 cm³/mol. The molecule has 1 atom stereocenters. The molecule has 1 aromatic heterocycles. The van der Waals surface area contributed by atoms with Crippen LogP contribution in [0.25, 0.3) is 5.69 Å². The van der Waals surface area contributed by atoms with Gasteiger partial charge in [-0.3, -0.25) is 4.79 Å². The summed E-state index contributed by atoms with van der Waals surface area (Å²) in [6, 6.07) is 5.07. The van der Waals surface area contributed by atoms with E-state index in [-0.39, 0.29) is 11.4 Å². The monoisotopic (exact) mass is 379 g/mol. The van der Waals surface area contributed by atoms with Gasteiger partial charge in [0.1, 0.15) is 0 Å². The van der Waals surface area contributed by atoms with E-state index < -0.39 is 17.6 Å². The molecule has 1 aromatic carbocycles. The molecule has 3 saturated heterocycles. The highest BCUT2D eigenvalue weighted by Crippen LogP contribution is 2.33. The number of aromatic nitrogens is 3. The Morgan fingerprint density at radius 1 is 1.22 bits per heavy atom. The Bertz CT molecular complexity index is 826. The summed E-state index contributed by atoms with van der Waals surface area (Å²) < 4.78 is 40.5. The third kappa shape index (κ3) is 3.69. The van der Waals surface area contributed by atoms with E-state index in [0.29, 0.717) is 18.4 Å². The van der Waals surface area contributed by atoms with E-state index in [9.17, 15) is 18.0 Å². The van der Waals surface area contributed by atoms with E-state index in [1.165, 1.54) is 24.4 Å². The minimum Gasteiger partial charge on any atom is -0.350 e. The maximum absolute atomic E-state index is 13.2. The fourth-order valence-electron chi connectivity index (χ4n) is 4.03. The van der Waals surface area contributed by atoms with E-state index in [1.807, 2.05) is 0 Å². The van der Waals surface area contributed by atoms with Gasteiger partial charge in [-0.25, -0.2) is 4.68 Å². The fourth-order valence-corrected chi connectivity index (χ4v) is 4.03. The number of carbonyl (C=O) groups is 1. The highest BCUT2D eigenvalue weighted by molar-refractivity contribution is 5.91. The lowest BCUT2D eigenvalue weighted by atomic mass is 9.79. The lowest BCUT2D eigenvalue weighted by Gasteiger charge is -2.44. The number of nitrogens with zero attached hydrogens (tertiary/aromatic N) is 4. The van der Waals surface area contributed by atoms with Gasteiger partial charge in [0.2, 0.25) is 0 Å². The zero-order valence-corrected chi connectivity index (χ0v) is 14.6. The van der Waals surface area contributed by atoms with Crippen LogP contribution < -0.4 is 5.32 Å². The molecule has 0 saturated carbocycles. The zero-order valence-electron chi connectivity index (χ0n) is 14.6. The molecule has 2 bridgehead atoms. The van der Waals surface area contributed by atoms with E-state index in [1.54, 1.807) is 0 Å². The van der Waals surface area contributed by atoms with Gasteiger partial charge in [0.25, 0.3) is 5.91 Å². The highest BCUT2D eigenvalue weighted by Gasteiger charge is 2.35. The Kier molecular flexibility index (Phi) is 4.63. The molecule has 3 aliphatic rings. The number of alkyl halides is 3. The SMILES string of the molecule is O=C(NCC1CN2CCC1CC2)c1cn(-c2ccccc2C(F)(F)F)nn1. The molecule has 6 nitrogen and oxygen atoms in total. The summed E-state index contributed by atoms with van der Waals surface area (Å²) in [5.41, 5.74) is -0.976. The Morgan fingerprint density at radius 2 is 1.96 bits per heavy atom. The van der Waals surface area contributed by atoms with Crippen LogP contribution in [0.3, 0.4) is 0 Å². The van der Waals surface area contributed by atoms with Gasteiger partial charge in [0.05, 0.1) is 17.4 Å². The summed E-state index contributed by atoms with van der Waals surface area (Å²) in [6.07, 6.45) is -0.965. The van der Waals surface area contributed by atoms with Crippen molar-refractivity contribution in [2.45, 2.75) is 19.0 Å². The number of nitrogens with one attached hydrogen (secondary N) is 1. The molecule has 3 fully saturated rings. The first-order chi connectivity index (χ1) is 12.9. The van der Waals surface area contributed by atoms with Crippen molar-refractivity contribution in [1.82, 2.24) is 25.2 Å². The van der Waals surface area contributed by atoms with Crippen molar-refractivity contribution < 1.29 is 18.0 Å². The molecule has 1 amide bonds. The minimum atomic E-state index is -4.51. The standard InChI is InChI=1S/C18H20F3N5O/c19-18(20,21)14-3-1-2-4-16(14)26-11-15(23-24-26)17(27)22-9-13-10-25-7-5-12(13)6-8-25/h1-4,11-13H,5-10H2,(H,22,27). The third-order valence-corrected chi connectivity index (χ3v) is 5.50. The van der Waals surface area contributed by atoms with Crippen molar-refractivity contribution in [3.63, 3.8) is 0 Å². The Hall–Kier alpha value is -2.42.